The Balaban J connectivity index is 0.00000289. The van der Waals surface area contributed by atoms with Gasteiger partial charge in [-0.1, -0.05) is 0 Å². The van der Waals surface area contributed by atoms with Crippen LogP contribution in [0, 0.1) is 10.4 Å². The summed E-state index contributed by atoms with van der Waals surface area (Å²) in [6, 6.07) is 0. The van der Waals surface area contributed by atoms with Crippen LogP contribution in [0.2, 0.25) is 0 Å². The van der Waals surface area contributed by atoms with Gasteiger partial charge in [-0.05, 0) is 26.0 Å². The Morgan fingerprint density at radius 1 is 1.28 bits per heavy atom. The van der Waals surface area contributed by atoms with Crippen LogP contribution in [0.15, 0.2) is 5.28 Å². The zero-order valence-corrected chi connectivity index (χ0v) is 13.3. The van der Waals surface area contributed by atoms with Gasteiger partial charge in [0.25, 0.3) is 0 Å². The second kappa shape index (κ2) is 7.01. The molecule has 0 aromatic rings. The quantitative estimate of drug-likeness (QED) is 0.235. The van der Waals surface area contributed by atoms with E-state index in [9.17, 15) is 15.2 Å². The Morgan fingerprint density at radius 3 is 2.17 bits per heavy atom. The number of nitrogens with zero attached hydrogens (tertiary/aromatic N) is 4. The molecule has 1 aliphatic heterocycles. The molecule has 1 amide bonds. The fourth-order valence-corrected chi connectivity index (χ4v) is 1.43. The number of carbonyl (C=O) groups excluding carboxylic acids is 1. The van der Waals surface area contributed by atoms with Crippen molar-refractivity contribution >= 4 is 6.09 Å². The molecule has 1 rings (SSSR count). The van der Waals surface area contributed by atoms with Gasteiger partial charge >= 0.3 is 35.7 Å². The summed E-state index contributed by atoms with van der Waals surface area (Å²) >= 11 is 0. The van der Waals surface area contributed by atoms with Crippen molar-refractivity contribution in [1.82, 2.24) is 9.91 Å². The third-order valence-electron chi connectivity index (χ3n) is 2.22. The van der Waals surface area contributed by atoms with Gasteiger partial charge in [0.15, 0.2) is 0 Å². The molecule has 1 heterocycles. The van der Waals surface area contributed by atoms with Crippen LogP contribution in [-0.2, 0) is 4.74 Å². The summed E-state index contributed by atoms with van der Waals surface area (Å²) in [5.74, 6) is 0. The molecule has 0 atom stereocenters. The van der Waals surface area contributed by atoms with E-state index in [1.807, 2.05) is 0 Å². The van der Waals surface area contributed by atoms with E-state index >= 15 is 0 Å². The van der Waals surface area contributed by atoms with Gasteiger partial charge in [-0.25, -0.2) is 4.79 Å². The summed E-state index contributed by atoms with van der Waals surface area (Å²) in [6.45, 7) is 6.58. The maximum atomic E-state index is 11.7. The topological polar surface area (TPSA) is 94.3 Å². The molecule has 9 heteroatoms. The number of carbonyl (C=O) groups is 1. The van der Waals surface area contributed by atoms with Crippen molar-refractivity contribution in [2.75, 3.05) is 26.2 Å². The van der Waals surface area contributed by atoms with Crippen LogP contribution < -0.4 is 29.6 Å². The van der Waals surface area contributed by atoms with Crippen molar-refractivity contribution in [3.05, 3.63) is 10.4 Å². The summed E-state index contributed by atoms with van der Waals surface area (Å²) in [7, 11) is 0. The SMILES string of the molecule is CC(C)(C)OC(=O)N1CCN(/[N+]([O-])=N/[O-])CC1.[Na+]. The predicted molar refractivity (Wildman–Crippen MR) is 58.8 cm³/mol. The number of piperazine rings is 1. The number of hydrazine groups is 1. The van der Waals surface area contributed by atoms with Crippen molar-refractivity contribution < 1.29 is 44.1 Å². The van der Waals surface area contributed by atoms with Crippen LogP contribution >= 0.6 is 0 Å². The Kier molecular flexibility index (Phi) is 6.72. The monoisotopic (exact) mass is 268 g/mol. The summed E-state index contributed by atoms with van der Waals surface area (Å²) in [5.41, 5.74) is -0.539. The Morgan fingerprint density at radius 2 is 1.78 bits per heavy atom. The molecule has 18 heavy (non-hydrogen) atoms. The smallest absolute Gasteiger partial charge is 0.737 e. The minimum Gasteiger partial charge on any atom is -0.737 e. The number of ether oxygens (including phenoxy) is 1. The van der Waals surface area contributed by atoms with Crippen LogP contribution in [-0.4, -0.2) is 52.8 Å². The van der Waals surface area contributed by atoms with E-state index < -0.39 is 11.7 Å². The van der Waals surface area contributed by atoms with E-state index in [1.54, 1.807) is 20.8 Å². The first-order valence-corrected chi connectivity index (χ1v) is 5.37. The number of amides is 1. The average Bonchev–Trinajstić information content (AvgIpc) is 2.26. The van der Waals surface area contributed by atoms with Crippen molar-refractivity contribution in [1.29, 1.82) is 0 Å². The minimum atomic E-state index is -0.539. The molecule has 1 aliphatic rings. The summed E-state index contributed by atoms with van der Waals surface area (Å²) in [6.07, 6.45) is -0.409. The van der Waals surface area contributed by atoms with E-state index in [-0.39, 0.29) is 47.6 Å². The van der Waals surface area contributed by atoms with Crippen molar-refractivity contribution in [2.24, 2.45) is 5.28 Å². The first-order valence-electron chi connectivity index (χ1n) is 5.37. The Hall–Kier alpha value is -0.730. The number of rotatable bonds is 1. The summed E-state index contributed by atoms with van der Waals surface area (Å²) in [5, 5.41) is 24.4. The standard InChI is InChI=1S/C9H18N4O4.Na/c1-9(2,3)17-8(14)11-4-6-12(7-5-11)13(16)10-15;/h15H,4-7H2,1-3H3;/q;+1/p-1/b13-10-;. The van der Waals surface area contributed by atoms with Gasteiger partial charge in [-0.3, -0.25) is 0 Å². The number of hydrogen-bond donors (Lipinski definition) is 0. The second-order valence-electron chi connectivity index (χ2n) is 4.76. The molecular formula is C9H17N4NaO4. The molecule has 0 aliphatic carbocycles. The summed E-state index contributed by atoms with van der Waals surface area (Å²) in [4.78, 5) is 13.2. The van der Waals surface area contributed by atoms with Gasteiger partial charge in [0.2, 0.25) is 0 Å². The Bertz CT molecular complexity index is 310. The molecule has 0 aromatic heterocycles. The third kappa shape index (κ3) is 5.28. The predicted octanol–water partition coefficient (Wildman–Crippen LogP) is -2.08. The van der Waals surface area contributed by atoms with Crippen molar-refractivity contribution in [2.45, 2.75) is 26.4 Å². The fourth-order valence-electron chi connectivity index (χ4n) is 1.43. The largest absolute Gasteiger partial charge is 1.00 e. The van der Waals surface area contributed by atoms with Crippen molar-refractivity contribution in [3.8, 4) is 0 Å². The van der Waals surface area contributed by atoms with Gasteiger partial charge in [0.1, 0.15) is 5.60 Å². The van der Waals surface area contributed by atoms with Gasteiger partial charge in [0.05, 0.1) is 13.1 Å². The molecule has 0 radical (unpaired) electrons. The fraction of sp³-hybridized carbons (Fsp3) is 0.889. The molecule has 0 bridgehead atoms. The minimum absolute atomic E-state index is 0. The number of hydrogen-bond acceptors (Lipinski definition) is 5. The Labute approximate surface area is 128 Å². The zero-order chi connectivity index (χ0) is 13.1. The van der Waals surface area contributed by atoms with E-state index in [0.717, 1.165) is 0 Å². The average molecular weight is 268 g/mol. The third-order valence-corrected chi connectivity index (χ3v) is 2.22. The second-order valence-corrected chi connectivity index (χ2v) is 4.76. The molecule has 0 aromatic carbocycles. The maximum absolute atomic E-state index is 11.7. The van der Waals surface area contributed by atoms with Gasteiger partial charge < -0.3 is 20.1 Å². The van der Waals surface area contributed by atoms with Gasteiger partial charge in [0, 0.05) is 18.1 Å². The molecule has 0 unspecified atom stereocenters. The van der Waals surface area contributed by atoms with E-state index in [0.29, 0.717) is 13.1 Å². The summed E-state index contributed by atoms with van der Waals surface area (Å²) < 4.78 is 5.19. The normalized spacial score (nSPS) is 17.2. The molecule has 8 nitrogen and oxygen atoms in total. The van der Waals surface area contributed by atoms with E-state index in [1.165, 1.54) is 9.91 Å². The maximum Gasteiger partial charge on any atom is 1.00 e. The van der Waals surface area contributed by atoms with Gasteiger partial charge in [-0.15, -0.1) is 5.01 Å². The first-order chi connectivity index (χ1) is 7.83. The van der Waals surface area contributed by atoms with Crippen LogP contribution in [0.25, 0.3) is 0 Å². The van der Waals surface area contributed by atoms with Crippen LogP contribution in [0.3, 0.4) is 0 Å². The van der Waals surface area contributed by atoms with Crippen LogP contribution in [0.1, 0.15) is 20.8 Å². The first kappa shape index (κ1) is 17.3. The van der Waals surface area contributed by atoms with E-state index in [2.05, 4.69) is 5.28 Å². The molecule has 1 saturated heterocycles. The molecule has 0 spiro atoms. The van der Waals surface area contributed by atoms with Crippen LogP contribution in [0.4, 0.5) is 4.79 Å². The molecular weight excluding hydrogens is 251 g/mol. The van der Waals surface area contributed by atoms with E-state index in [4.69, 9.17) is 4.74 Å². The molecule has 1 fully saturated rings. The van der Waals surface area contributed by atoms with Crippen LogP contribution in [0.5, 0.6) is 0 Å². The zero-order valence-electron chi connectivity index (χ0n) is 11.3. The molecule has 0 saturated carbocycles. The molecule has 98 valence electrons. The molecule has 0 N–H and O–H groups in total. The van der Waals surface area contributed by atoms with Gasteiger partial charge in [-0.2, -0.15) is 0 Å². The van der Waals surface area contributed by atoms with Crippen molar-refractivity contribution in [3.63, 3.8) is 0 Å².